The zero-order chi connectivity index (χ0) is 23.9. The van der Waals surface area contributed by atoms with Crippen molar-refractivity contribution < 1.29 is 9.47 Å². The van der Waals surface area contributed by atoms with Crippen LogP contribution in [0.3, 0.4) is 0 Å². The zero-order valence-electron chi connectivity index (χ0n) is 18.7. The molecule has 0 saturated heterocycles. The van der Waals surface area contributed by atoms with Crippen LogP contribution in [0.4, 0.5) is 11.6 Å². The summed E-state index contributed by atoms with van der Waals surface area (Å²) in [7, 11) is 1.79. The summed E-state index contributed by atoms with van der Waals surface area (Å²) in [6.07, 6.45) is 2.30. The topological polar surface area (TPSA) is 85.3 Å². The average Bonchev–Trinajstić information content (AvgIpc) is 3.26. The number of aromatic amines is 1. The number of rotatable bonds is 11. The van der Waals surface area contributed by atoms with Crippen LogP contribution in [0.25, 0.3) is 11.0 Å². The largest absolute Gasteiger partial charge is 0.379 e. The minimum atomic E-state index is -0.264. The van der Waals surface area contributed by atoms with E-state index in [9.17, 15) is 4.79 Å². The van der Waals surface area contributed by atoms with E-state index in [2.05, 4.69) is 15.1 Å². The summed E-state index contributed by atoms with van der Waals surface area (Å²) in [6, 6.07) is 15.2. The third-order valence-corrected chi connectivity index (χ3v) is 5.98. The van der Waals surface area contributed by atoms with Crippen molar-refractivity contribution in [3.8, 4) is 0 Å². The second-order valence-electron chi connectivity index (χ2n) is 7.65. The summed E-state index contributed by atoms with van der Waals surface area (Å²) in [5, 5.41) is 5.22. The molecular weight excluding hydrogens is 477 g/mol. The van der Waals surface area contributed by atoms with Crippen LogP contribution in [-0.2, 0) is 22.6 Å². The Morgan fingerprint density at radius 2 is 1.82 bits per heavy atom. The van der Waals surface area contributed by atoms with E-state index in [1.165, 1.54) is 0 Å². The Balaban J connectivity index is 1.28. The first kappa shape index (κ1) is 24.2. The van der Waals surface area contributed by atoms with Gasteiger partial charge in [-0.05, 0) is 30.2 Å². The first-order valence-electron chi connectivity index (χ1n) is 10.9. The summed E-state index contributed by atoms with van der Waals surface area (Å²) in [6.45, 7) is 2.69. The van der Waals surface area contributed by atoms with Crippen molar-refractivity contribution in [2.75, 3.05) is 31.8 Å². The fourth-order valence-electron chi connectivity index (χ4n) is 3.44. The third kappa shape index (κ3) is 5.95. The quantitative estimate of drug-likeness (QED) is 0.296. The van der Waals surface area contributed by atoms with E-state index in [0.717, 1.165) is 11.3 Å². The Hall–Kier alpha value is -2.91. The number of hydrogen-bond donors (Lipinski definition) is 1. The van der Waals surface area contributed by atoms with Gasteiger partial charge >= 0.3 is 0 Å². The molecule has 8 nitrogen and oxygen atoms in total. The van der Waals surface area contributed by atoms with Gasteiger partial charge in [-0.25, -0.2) is 4.98 Å². The van der Waals surface area contributed by atoms with E-state index < -0.39 is 0 Å². The number of ether oxygens (including phenoxy) is 2. The van der Waals surface area contributed by atoms with Gasteiger partial charge in [0.15, 0.2) is 5.52 Å². The molecule has 4 rings (SSSR count). The highest BCUT2D eigenvalue weighted by Gasteiger charge is 2.14. The molecule has 0 amide bonds. The van der Waals surface area contributed by atoms with Crippen molar-refractivity contribution in [1.29, 1.82) is 0 Å². The Morgan fingerprint density at radius 1 is 1.03 bits per heavy atom. The molecule has 2 heterocycles. The number of nitrogens with zero attached hydrogens (tertiary/aromatic N) is 4. The molecule has 2 aromatic carbocycles. The fraction of sp³-hybridized carbons (Fsp3) is 0.292. The second kappa shape index (κ2) is 11.5. The van der Waals surface area contributed by atoms with Crippen LogP contribution >= 0.6 is 23.2 Å². The molecule has 0 aliphatic carbocycles. The van der Waals surface area contributed by atoms with Crippen molar-refractivity contribution in [3.63, 3.8) is 0 Å². The second-order valence-corrected chi connectivity index (χ2v) is 8.47. The summed E-state index contributed by atoms with van der Waals surface area (Å²) >= 11 is 12.1. The van der Waals surface area contributed by atoms with Crippen molar-refractivity contribution in [3.05, 3.63) is 80.7 Å². The van der Waals surface area contributed by atoms with E-state index in [4.69, 9.17) is 32.7 Å². The summed E-state index contributed by atoms with van der Waals surface area (Å²) in [5.74, 6) is 0.384. The maximum atomic E-state index is 12.8. The van der Waals surface area contributed by atoms with Crippen molar-refractivity contribution in [2.45, 2.75) is 19.6 Å². The van der Waals surface area contributed by atoms with Crippen LogP contribution < -0.4 is 10.5 Å². The molecule has 34 heavy (non-hydrogen) atoms. The smallest absolute Gasteiger partial charge is 0.278 e. The Morgan fingerprint density at radius 3 is 2.62 bits per heavy atom. The normalized spacial score (nSPS) is 11.3. The van der Waals surface area contributed by atoms with Gasteiger partial charge in [0.25, 0.3) is 5.56 Å². The van der Waals surface area contributed by atoms with E-state index in [0.29, 0.717) is 66.4 Å². The predicted molar refractivity (Wildman–Crippen MR) is 134 cm³/mol. The molecule has 0 radical (unpaired) electrons. The maximum Gasteiger partial charge on any atom is 0.278 e. The van der Waals surface area contributed by atoms with Gasteiger partial charge in [-0.15, -0.1) is 0 Å². The number of fused-ring (bicyclic) bond motifs is 1. The minimum absolute atomic E-state index is 0.264. The van der Waals surface area contributed by atoms with E-state index in [1.54, 1.807) is 41.0 Å². The van der Waals surface area contributed by atoms with Crippen LogP contribution in [0.2, 0.25) is 10.0 Å². The molecule has 0 fully saturated rings. The average molecular weight is 502 g/mol. The van der Waals surface area contributed by atoms with E-state index in [1.807, 2.05) is 30.3 Å². The molecule has 0 aliphatic rings. The first-order valence-corrected chi connectivity index (χ1v) is 11.6. The van der Waals surface area contributed by atoms with Gasteiger partial charge in [-0.3, -0.25) is 14.5 Å². The van der Waals surface area contributed by atoms with Gasteiger partial charge in [-0.1, -0.05) is 53.5 Å². The van der Waals surface area contributed by atoms with Crippen molar-refractivity contribution in [1.82, 2.24) is 19.7 Å². The van der Waals surface area contributed by atoms with E-state index >= 15 is 0 Å². The monoisotopic (exact) mass is 501 g/mol. The SMILES string of the molecule is CN(c1ccc(Cl)c(Cl)c1)c1nc2cnn(CCCOCCOCc3ccccc3)c2c(=O)[nH]1. The molecule has 0 saturated carbocycles. The van der Waals surface area contributed by atoms with Gasteiger partial charge in [0.2, 0.25) is 5.95 Å². The molecule has 1 N–H and O–H groups in total. The molecule has 0 unspecified atom stereocenters. The molecule has 10 heteroatoms. The number of aryl methyl sites for hydroxylation is 1. The fourth-order valence-corrected chi connectivity index (χ4v) is 3.73. The minimum Gasteiger partial charge on any atom is -0.379 e. The molecule has 178 valence electrons. The highest BCUT2D eigenvalue weighted by Crippen LogP contribution is 2.29. The van der Waals surface area contributed by atoms with Crippen molar-refractivity contribution in [2.24, 2.45) is 0 Å². The number of halogens is 2. The van der Waals surface area contributed by atoms with E-state index in [-0.39, 0.29) is 5.56 Å². The van der Waals surface area contributed by atoms with Gasteiger partial charge in [0.1, 0.15) is 5.52 Å². The molecular formula is C24H25Cl2N5O3. The standard InChI is InChI=1S/C24H25Cl2N5O3/c1-30(18-8-9-19(25)20(26)14-18)24-28-21-15-27-31(22(21)23(32)29-24)10-5-11-33-12-13-34-16-17-6-3-2-4-7-17/h2-4,6-9,14-15H,5,10-13,16H2,1H3,(H,28,29,32). The summed E-state index contributed by atoms with van der Waals surface area (Å²) in [5.41, 5.74) is 2.56. The lowest BCUT2D eigenvalue weighted by molar-refractivity contribution is 0.0388. The van der Waals surface area contributed by atoms with Crippen LogP contribution in [0, 0.1) is 0 Å². The number of benzene rings is 2. The lowest BCUT2D eigenvalue weighted by atomic mass is 10.2. The Labute approximate surface area is 207 Å². The number of H-pyrrole nitrogens is 1. The molecule has 0 aliphatic heterocycles. The lowest BCUT2D eigenvalue weighted by Crippen LogP contribution is -2.20. The number of nitrogens with one attached hydrogen (secondary N) is 1. The molecule has 4 aromatic rings. The van der Waals surface area contributed by atoms with Gasteiger partial charge in [-0.2, -0.15) is 5.10 Å². The lowest BCUT2D eigenvalue weighted by Gasteiger charge is -2.18. The molecule has 0 spiro atoms. The maximum absolute atomic E-state index is 12.8. The highest BCUT2D eigenvalue weighted by molar-refractivity contribution is 6.42. The summed E-state index contributed by atoms with van der Waals surface area (Å²) < 4.78 is 12.9. The predicted octanol–water partition coefficient (Wildman–Crippen LogP) is 4.82. The van der Waals surface area contributed by atoms with Crippen LogP contribution in [0.5, 0.6) is 0 Å². The Bertz CT molecular complexity index is 1290. The van der Waals surface area contributed by atoms with Crippen LogP contribution in [0.15, 0.2) is 59.5 Å². The van der Waals surface area contributed by atoms with Crippen LogP contribution in [0.1, 0.15) is 12.0 Å². The molecule has 0 bridgehead atoms. The third-order valence-electron chi connectivity index (χ3n) is 5.24. The Kier molecular flexibility index (Phi) is 8.18. The number of aromatic nitrogens is 4. The number of anilines is 2. The summed E-state index contributed by atoms with van der Waals surface area (Å²) in [4.78, 5) is 21.9. The van der Waals surface area contributed by atoms with Crippen molar-refractivity contribution >= 4 is 45.9 Å². The number of hydrogen-bond acceptors (Lipinski definition) is 6. The molecule has 0 atom stereocenters. The van der Waals surface area contributed by atoms with Crippen LogP contribution in [-0.4, -0.2) is 46.6 Å². The molecule has 2 aromatic heterocycles. The zero-order valence-corrected chi connectivity index (χ0v) is 20.2. The van der Waals surface area contributed by atoms with Gasteiger partial charge in [0.05, 0.1) is 36.1 Å². The van der Waals surface area contributed by atoms with Gasteiger partial charge in [0, 0.05) is 25.9 Å². The highest BCUT2D eigenvalue weighted by atomic mass is 35.5. The first-order chi connectivity index (χ1) is 16.5. The van der Waals surface area contributed by atoms with Gasteiger partial charge < -0.3 is 14.4 Å².